The zero-order valence-electron chi connectivity index (χ0n) is 13.0. The molecule has 1 aliphatic heterocycles. The maximum Gasteiger partial charge on any atom is 0.335 e. The van der Waals surface area contributed by atoms with Gasteiger partial charge in [0.2, 0.25) is 10.0 Å². The second-order valence-electron chi connectivity index (χ2n) is 6.37. The van der Waals surface area contributed by atoms with Crippen LogP contribution in [0.25, 0.3) is 0 Å². The van der Waals surface area contributed by atoms with Crippen molar-refractivity contribution in [3.05, 3.63) is 29.8 Å². The molecule has 1 aliphatic carbocycles. The highest BCUT2D eigenvalue weighted by atomic mass is 32.2. The molecule has 0 radical (unpaired) electrons. The molecule has 1 heterocycles. The second kappa shape index (κ2) is 6.18. The maximum atomic E-state index is 13.0. The summed E-state index contributed by atoms with van der Waals surface area (Å²) >= 11 is 0. The van der Waals surface area contributed by atoms with Crippen LogP contribution in [0.3, 0.4) is 0 Å². The number of nitrogens with zero attached hydrogens (tertiary/aromatic N) is 1. The number of aromatic carboxylic acids is 1. The van der Waals surface area contributed by atoms with Gasteiger partial charge in [-0.1, -0.05) is 12.8 Å². The van der Waals surface area contributed by atoms with Crippen molar-refractivity contribution in [1.29, 1.82) is 0 Å². The molecule has 2 fully saturated rings. The number of carboxylic acid groups (broad SMARTS) is 2. The summed E-state index contributed by atoms with van der Waals surface area (Å²) in [6.45, 7) is 0. The predicted octanol–water partition coefficient (Wildman–Crippen LogP) is 1.79. The quantitative estimate of drug-likeness (QED) is 0.853. The standard InChI is InChI=1S/C16H19NO6S/c18-15(19)10-5-7-12(8-6-10)24(22,23)17-13-4-2-1-3-11(13)9-14(17)16(20)21/h5-8,11,13-14H,1-4,9H2,(H,18,19)(H,20,21)/t11-,13-,14+/m1/s1. The van der Waals surface area contributed by atoms with Crippen molar-refractivity contribution in [2.24, 2.45) is 5.92 Å². The van der Waals surface area contributed by atoms with E-state index in [1.165, 1.54) is 24.3 Å². The lowest BCUT2D eigenvalue weighted by atomic mass is 9.85. The normalized spacial score (nSPS) is 27.6. The summed E-state index contributed by atoms with van der Waals surface area (Å²) < 4.78 is 27.1. The fraction of sp³-hybridized carbons (Fsp3) is 0.500. The third-order valence-electron chi connectivity index (χ3n) is 4.99. The first-order valence-corrected chi connectivity index (χ1v) is 9.36. The lowest BCUT2D eigenvalue weighted by molar-refractivity contribution is -0.141. The third kappa shape index (κ3) is 2.80. The van der Waals surface area contributed by atoms with Crippen molar-refractivity contribution < 1.29 is 28.2 Å². The Morgan fingerprint density at radius 3 is 2.25 bits per heavy atom. The minimum absolute atomic E-state index is 0.0132. The van der Waals surface area contributed by atoms with Gasteiger partial charge in [-0.15, -0.1) is 0 Å². The van der Waals surface area contributed by atoms with E-state index < -0.39 is 28.0 Å². The Morgan fingerprint density at radius 1 is 1.04 bits per heavy atom. The van der Waals surface area contributed by atoms with Crippen LogP contribution in [0.15, 0.2) is 29.2 Å². The lowest BCUT2D eigenvalue weighted by Crippen LogP contribution is -2.46. The molecule has 0 bridgehead atoms. The van der Waals surface area contributed by atoms with Gasteiger partial charge in [0.1, 0.15) is 6.04 Å². The average molecular weight is 353 g/mol. The van der Waals surface area contributed by atoms with E-state index in [0.29, 0.717) is 12.8 Å². The number of rotatable bonds is 4. The largest absolute Gasteiger partial charge is 0.480 e. The van der Waals surface area contributed by atoms with E-state index in [1.807, 2.05) is 0 Å². The van der Waals surface area contributed by atoms with Crippen LogP contribution in [0.5, 0.6) is 0 Å². The highest BCUT2D eigenvalue weighted by molar-refractivity contribution is 7.89. The van der Waals surface area contributed by atoms with Crippen LogP contribution in [-0.4, -0.2) is 47.0 Å². The molecule has 1 aromatic rings. The van der Waals surface area contributed by atoms with E-state index in [2.05, 4.69) is 0 Å². The molecule has 7 nitrogen and oxygen atoms in total. The number of benzene rings is 1. The molecule has 24 heavy (non-hydrogen) atoms. The molecular weight excluding hydrogens is 334 g/mol. The van der Waals surface area contributed by atoms with Gasteiger partial charge in [-0.25, -0.2) is 13.2 Å². The number of aliphatic carboxylic acids is 1. The van der Waals surface area contributed by atoms with Gasteiger partial charge in [0, 0.05) is 6.04 Å². The van der Waals surface area contributed by atoms with Gasteiger partial charge in [-0.2, -0.15) is 4.31 Å². The van der Waals surface area contributed by atoms with Crippen LogP contribution in [0.2, 0.25) is 0 Å². The van der Waals surface area contributed by atoms with Gasteiger partial charge in [-0.05, 0) is 49.4 Å². The molecular formula is C16H19NO6S. The van der Waals surface area contributed by atoms with Gasteiger partial charge in [0.15, 0.2) is 0 Å². The van der Waals surface area contributed by atoms with Gasteiger partial charge in [0.25, 0.3) is 0 Å². The maximum absolute atomic E-state index is 13.0. The van der Waals surface area contributed by atoms with Crippen LogP contribution >= 0.6 is 0 Å². The molecule has 0 aromatic heterocycles. The highest BCUT2D eigenvalue weighted by Crippen LogP contribution is 2.42. The van der Waals surface area contributed by atoms with E-state index in [1.54, 1.807) is 0 Å². The number of hydrogen-bond donors (Lipinski definition) is 2. The van der Waals surface area contributed by atoms with E-state index in [0.717, 1.165) is 23.6 Å². The summed E-state index contributed by atoms with van der Waals surface area (Å²) in [5.74, 6) is -2.20. The van der Waals surface area contributed by atoms with Crippen LogP contribution < -0.4 is 0 Å². The monoisotopic (exact) mass is 353 g/mol. The number of hydrogen-bond acceptors (Lipinski definition) is 4. The Labute approximate surface area is 140 Å². The molecule has 2 N–H and O–H groups in total. The van der Waals surface area contributed by atoms with Gasteiger partial charge < -0.3 is 10.2 Å². The summed E-state index contributed by atoms with van der Waals surface area (Å²) in [7, 11) is -3.99. The fourth-order valence-electron chi connectivity index (χ4n) is 3.87. The Kier molecular flexibility index (Phi) is 4.35. The van der Waals surface area contributed by atoms with Crippen LogP contribution in [0, 0.1) is 5.92 Å². The fourth-order valence-corrected chi connectivity index (χ4v) is 5.74. The van der Waals surface area contributed by atoms with Gasteiger partial charge in [0.05, 0.1) is 10.5 Å². The number of carboxylic acids is 2. The average Bonchev–Trinajstić information content (AvgIpc) is 2.95. The molecule has 0 spiro atoms. The second-order valence-corrected chi connectivity index (χ2v) is 8.21. The molecule has 0 unspecified atom stereocenters. The molecule has 3 rings (SSSR count). The van der Waals surface area contributed by atoms with Crippen molar-refractivity contribution >= 4 is 22.0 Å². The zero-order valence-corrected chi connectivity index (χ0v) is 13.8. The summed E-state index contributed by atoms with van der Waals surface area (Å²) in [5.41, 5.74) is -0.0132. The summed E-state index contributed by atoms with van der Waals surface area (Å²) in [5, 5.41) is 18.4. The SMILES string of the molecule is O=C(O)c1ccc(S(=O)(=O)N2[C@@H]3CCCC[C@@H]3C[C@H]2C(=O)O)cc1. The zero-order chi connectivity index (χ0) is 17.5. The topological polar surface area (TPSA) is 112 Å². The van der Waals surface area contributed by atoms with Gasteiger partial charge >= 0.3 is 11.9 Å². The number of fused-ring (bicyclic) bond motifs is 1. The van der Waals surface area contributed by atoms with E-state index in [9.17, 15) is 23.1 Å². The Balaban J connectivity index is 1.99. The van der Waals surface area contributed by atoms with E-state index >= 15 is 0 Å². The first-order chi connectivity index (χ1) is 11.3. The van der Waals surface area contributed by atoms with E-state index in [4.69, 9.17) is 5.11 Å². The van der Waals surface area contributed by atoms with Crippen LogP contribution in [0.4, 0.5) is 0 Å². The highest BCUT2D eigenvalue weighted by Gasteiger charge is 2.51. The summed E-state index contributed by atoms with van der Waals surface area (Å²) in [6, 6.07) is 3.56. The molecule has 130 valence electrons. The van der Waals surface area contributed by atoms with E-state index in [-0.39, 0.29) is 22.4 Å². The van der Waals surface area contributed by atoms with Crippen LogP contribution in [0.1, 0.15) is 42.5 Å². The molecule has 1 saturated carbocycles. The summed E-state index contributed by atoms with van der Waals surface area (Å²) in [4.78, 5) is 22.4. The molecule has 8 heteroatoms. The molecule has 2 aliphatic rings. The molecule has 3 atom stereocenters. The minimum Gasteiger partial charge on any atom is -0.480 e. The molecule has 0 amide bonds. The first-order valence-electron chi connectivity index (χ1n) is 7.92. The molecule has 1 aromatic carbocycles. The lowest BCUT2D eigenvalue weighted by Gasteiger charge is -2.32. The third-order valence-corrected chi connectivity index (χ3v) is 6.94. The van der Waals surface area contributed by atoms with Crippen molar-refractivity contribution in [3.63, 3.8) is 0 Å². The smallest absolute Gasteiger partial charge is 0.335 e. The number of sulfonamides is 1. The van der Waals surface area contributed by atoms with Crippen LogP contribution in [-0.2, 0) is 14.8 Å². The Morgan fingerprint density at radius 2 is 1.67 bits per heavy atom. The minimum atomic E-state index is -3.99. The molecule has 1 saturated heterocycles. The Bertz CT molecular complexity index is 757. The van der Waals surface area contributed by atoms with Crippen molar-refractivity contribution in [2.45, 2.75) is 49.1 Å². The van der Waals surface area contributed by atoms with Gasteiger partial charge in [-0.3, -0.25) is 4.79 Å². The van der Waals surface area contributed by atoms with Crippen molar-refractivity contribution in [1.82, 2.24) is 4.31 Å². The predicted molar refractivity (Wildman–Crippen MR) is 84.2 cm³/mol. The van der Waals surface area contributed by atoms with Crippen molar-refractivity contribution in [2.75, 3.05) is 0 Å². The van der Waals surface area contributed by atoms with Crippen molar-refractivity contribution in [3.8, 4) is 0 Å². The summed E-state index contributed by atoms with van der Waals surface area (Å²) in [6.07, 6.45) is 3.73. The Hall–Kier alpha value is -1.93. The number of carbonyl (C=O) groups is 2. The first kappa shape index (κ1) is 16.9.